The average molecular weight is 957 g/mol. The third kappa shape index (κ3) is 10.5. The third-order valence-electron chi connectivity index (χ3n) is 11.8. The molecule has 1 saturated heterocycles. The maximum Gasteiger partial charge on any atom is 0.416 e. The number of benzene rings is 2. The van der Waals surface area contributed by atoms with Crippen LogP contribution in [0.25, 0.3) is 32.9 Å². The lowest BCUT2D eigenvalue weighted by Crippen LogP contribution is -2.58. The van der Waals surface area contributed by atoms with E-state index in [1.165, 1.54) is 42.5 Å². The Kier molecular flexibility index (Phi) is 13.7. The van der Waals surface area contributed by atoms with Crippen LogP contribution in [-0.2, 0) is 35.5 Å². The normalized spacial score (nSPS) is 23.7. The monoisotopic (exact) mass is 956 g/mol. The number of nitrogens with one attached hydrogen (secondary N) is 3. The number of alkyl carbamates (subject to hydrolysis) is 1. The van der Waals surface area contributed by atoms with Crippen molar-refractivity contribution in [3.63, 3.8) is 0 Å². The number of ether oxygens (including phenoxy) is 2. The molecule has 2 aromatic heterocycles. The van der Waals surface area contributed by atoms with Gasteiger partial charge in [0.25, 0.3) is 11.9 Å². The van der Waals surface area contributed by atoms with Crippen LogP contribution in [0.3, 0.4) is 0 Å². The van der Waals surface area contributed by atoms with Crippen molar-refractivity contribution in [1.29, 1.82) is 0 Å². The van der Waals surface area contributed by atoms with Crippen LogP contribution in [0.4, 0.5) is 18.0 Å². The molecule has 16 nitrogen and oxygen atoms in total. The van der Waals surface area contributed by atoms with Gasteiger partial charge in [0, 0.05) is 49.0 Å². The van der Waals surface area contributed by atoms with Gasteiger partial charge in [-0.15, -0.1) is 11.3 Å². The highest BCUT2D eigenvalue weighted by atomic mass is 32.2. The largest absolute Gasteiger partial charge is 0.459 e. The second-order valence-electron chi connectivity index (χ2n) is 18.4. The molecule has 21 heteroatoms. The van der Waals surface area contributed by atoms with Crippen molar-refractivity contribution >= 4 is 56.4 Å². The molecule has 7 rings (SSSR count). The minimum absolute atomic E-state index is 0.0535. The molecule has 2 fully saturated rings. The number of allylic oxidation sites excluding steroid dienone is 1. The van der Waals surface area contributed by atoms with Crippen molar-refractivity contribution in [3.8, 4) is 27.8 Å². The summed E-state index contributed by atoms with van der Waals surface area (Å²) in [5.41, 5.74) is -0.364. The quantitative estimate of drug-likeness (QED) is 0.147. The number of imidazole rings is 1. The Balaban J connectivity index is 1.22. The summed E-state index contributed by atoms with van der Waals surface area (Å²) in [7, 11) is -1.69. The highest BCUT2D eigenvalue weighted by Crippen LogP contribution is 2.46. The van der Waals surface area contributed by atoms with E-state index in [4.69, 9.17) is 19.4 Å². The Morgan fingerprint density at radius 1 is 1.03 bits per heavy atom. The number of alkyl halides is 3. The number of thiazole rings is 1. The van der Waals surface area contributed by atoms with Crippen LogP contribution >= 0.6 is 11.3 Å². The molecular formula is C45H55F3N8O8S2. The molecule has 0 spiro atoms. The summed E-state index contributed by atoms with van der Waals surface area (Å²) < 4.78 is 82.4. The molecule has 4 heterocycles. The first kappa shape index (κ1) is 48.4. The highest BCUT2D eigenvalue weighted by Gasteiger charge is 2.62. The molecule has 1 saturated carbocycles. The molecule has 2 aromatic carbocycles. The van der Waals surface area contributed by atoms with Gasteiger partial charge in [0.1, 0.15) is 39.9 Å². The van der Waals surface area contributed by atoms with E-state index in [0.717, 1.165) is 22.9 Å². The lowest BCUT2D eigenvalue weighted by molar-refractivity contribution is -0.141. The summed E-state index contributed by atoms with van der Waals surface area (Å²) in [5, 5.41) is 7.90. The van der Waals surface area contributed by atoms with E-state index >= 15 is 0 Å². The third-order valence-corrected chi connectivity index (χ3v) is 14.0. The Labute approximate surface area is 385 Å². The van der Waals surface area contributed by atoms with Gasteiger partial charge in [-0.2, -0.15) is 30.9 Å². The zero-order chi connectivity index (χ0) is 47.9. The van der Waals surface area contributed by atoms with E-state index in [1.807, 2.05) is 48.8 Å². The molecule has 0 radical (unpaired) electrons. The van der Waals surface area contributed by atoms with Crippen LogP contribution in [0.1, 0.15) is 91.2 Å². The fraction of sp³-hybridized carbons (Fsp3) is 0.511. The van der Waals surface area contributed by atoms with Crippen LogP contribution in [0.5, 0.6) is 6.01 Å². The lowest BCUT2D eigenvalue weighted by Gasteiger charge is -2.30. The van der Waals surface area contributed by atoms with E-state index < -0.39 is 81.0 Å². The van der Waals surface area contributed by atoms with Crippen molar-refractivity contribution in [3.05, 3.63) is 65.6 Å². The van der Waals surface area contributed by atoms with E-state index in [9.17, 15) is 40.8 Å². The van der Waals surface area contributed by atoms with Crippen LogP contribution in [0.2, 0.25) is 0 Å². The Bertz CT molecular complexity index is 2620. The SMILES string of the molecule is CC(C)n1c(O[C@@H]2C[C@H]3C(=O)N[C@]4(C(=O)NS(=O)(=O)N(C)C)C[C@H]4/C=C\CCCCC[C@H](NC(=O)OC(C)(C)C)C(=O)N3C2)nc2c(-c3nc(-c4ccc(C(F)(F)F)cc4)cs3)cccc21. The van der Waals surface area contributed by atoms with Gasteiger partial charge in [-0.1, -0.05) is 43.2 Å². The zero-order valence-electron chi connectivity index (χ0n) is 37.8. The second-order valence-corrected chi connectivity index (χ2v) is 21.1. The maximum atomic E-state index is 14.7. The number of hydrogen-bond donors (Lipinski definition) is 3. The molecule has 1 aliphatic carbocycles. The molecule has 5 atom stereocenters. The van der Waals surface area contributed by atoms with Crippen molar-refractivity contribution < 1.29 is 50.2 Å². The van der Waals surface area contributed by atoms with Gasteiger partial charge in [-0.05, 0) is 84.6 Å². The smallest absolute Gasteiger partial charge is 0.416 e. The standard InChI is InChI=1S/C45H55F3N8O8S2/c1-26(2)56-34-17-13-15-31(38-49-33(25-65-38)27-18-20-28(21-19-27)45(46,47)48)36(34)51-41(56)63-30-22-35-37(57)52-44(40(59)53-66(61,62)54(6)7)23-29(44)14-11-9-8-10-12-16-32(39(58)55(35)24-30)50-42(60)64-43(3,4)5/h11,13-15,17-21,25-26,29-30,32,35H,8-10,12,16,22-24H2,1-7H3,(H,50,60)(H,52,57)(H,53,59)/b14-11-/t29-,30-,32+,35+,44-/m1/s1. The Morgan fingerprint density at radius 3 is 2.42 bits per heavy atom. The van der Waals surface area contributed by atoms with Gasteiger partial charge >= 0.3 is 22.5 Å². The molecule has 0 bridgehead atoms. The van der Waals surface area contributed by atoms with Crippen molar-refractivity contribution in [2.75, 3.05) is 20.6 Å². The molecular weight excluding hydrogens is 902 g/mol. The Hall–Kier alpha value is -5.54. The molecule has 356 valence electrons. The highest BCUT2D eigenvalue weighted by molar-refractivity contribution is 7.87. The number of carbonyl (C=O) groups is 4. The molecule has 66 heavy (non-hydrogen) atoms. The van der Waals surface area contributed by atoms with Gasteiger partial charge in [0.2, 0.25) is 11.8 Å². The van der Waals surface area contributed by atoms with Crippen molar-refractivity contribution in [1.82, 2.24) is 39.1 Å². The number of fused-ring (bicyclic) bond motifs is 3. The zero-order valence-corrected chi connectivity index (χ0v) is 39.4. The molecule has 4 amide bonds. The first-order valence-electron chi connectivity index (χ1n) is 21.8. The summed E-state index contributed by atoms with van der Waals surface area (Å²) in [6, 6.07) is 8.01. The van der Waals surface area contributed by atoms with Crippen LogP contribution in [-0.4, -0.2) is 106 Å². The second kappa shape index (κ2) is 18.6. The van der Waals surface area contributed by atoms with Crippen LogP contribution in [0.15, 0.2) is 60.0 Å². The van der Waals surface area contributed by atoms with Crippen LogP contribution < -0.4 is 20.1 Å². The molecule has 0 unspecified atom stereocenters. The predicted octanol–water partition coefficient (Wildman–Crippen LogP) is 6.99. The van der Waals surface area contributed by atoms with Crippen molar-refractivity contribution in [2.45, 2.75) is 121 Å². The number of carbonyl (C=O) groups excluding carboxylic acids is 4. The fourth-order valence-corrected chi connectivity index (χ4v) is 9.73. The number of halogens is 3. The van der Waals surface area contributed by atoms with E-state index in [2.05, 4.69) is 15.4 Å². The summed E-state index contributed by atoms with van der Waals surface area (Å²) in [6.45, 7) is 8.87. The minimum Gasteiger partial charge on any atom is -0.459 e. The van der Waals surface area contributed by atoms with Gasteiger partial charge in [0.05, 0.1) is 23.3 Å². The summed E-state index contributed by atoms with van der Waals surface area (Å²) >= 11 is 1.30. The van der Waals surface area contributed by atoms with Gasteiger partial charge < -0.3 is 25.0 Å². The molecule has 2 aliphatic heterocycles. The average Bonchev–Trinajstić information content (AvgIpc) is 3.57. The van der Waals surface area contributed by atoms with Crippen molar-refractivity contribution in [2.24, 2.45) is 5.92 Å². The fourth-order valence-electron chi connectivity index (χ4n) is 8.27. The molecule has 3 aliphatic rings. The predicted molar refractivity (Wildman–Crippen MR) is 241 cm³/mol. The van der Waals surface area contributed by atoms with E-state index in [1.54, 1.807) is 26.2 Å². The van der Waals surface area contributed by atoms with Gasteiger partial charge in [-0.25, -0.2) is 14.5 Å². The lowest BCUT2D eigenvalue weighted by atomic mass is 10.0. The number of aromatic nitrogens is 3. The number of hydrogen-bond acceptors (Lipinski definition) is 11. The summed E-state index contributed by atoms with van der Waals surface area (Å²) in [4.78, 5) is 67.4. The van der Waals surface area contributed by atoms with E-state index in [0.29, 0.717) is 52.1 Å². The van der Waals surface area contributed by atoms with Gasteiger partial charge in [0.15, 0.2) is 0 Å². The summed E-state index contributed by atoms with van der Waals surface area (Å²) in [6.07, 6.45) is 0.571. The number of nitrogens with zero attached hydrogens (tertiary/aromatic N) is 5. The number of rotatable bonds is 9. The van der Waals surface area contributed by atoms with E-state index in [-0.39, 0.29) is 37.9 Å². The van der Waals surface area contributed by atoms with Crippen LogP contribution in [0, 0.1) is 5.92 Å². The number of amides is 4. The maximum absolute atomic E-state index is 14.7. The molecule has 4 aromatic rings. The first-order chi connectivity index (χ1) is 31.0. The minimum atomic E-state index is -4.47. The van der Waals surface area contributed by atoms with Gasteiger partial charge in [-0.3, -0.25) is 19.0 Å². The first-order valence-corrected chi connectivity index (χ1v) is 24.1. The summed E-state index contributed by atoms with van der Waals surface area (Å²) in [5.74, 6) is -2.70. The topological polar surface area (TPSA) is 194 Å². The Morgan fingerprint density at radius 2 is 1.76 bits per heavy atom. The molecule has 3 N–H and O–H groups in total. The number of para-hydroxylation sites is 1.